The Morgan fingerprint density at radius 3 is 2.67 bits per heavy atom. The first-order valence-electron chi connectivity index (χ1n) is 8.39. The summed E-state index contributed by atoms with van der Waals surface area (Å²) >= 11 is 0. The van der Waals surface area contributed by atoms with Crippen LogP contribution in [-0.4, -0.2) is 32.8 Å². The zero-order valence-electron chi connectivity index (χ0n) is 14.1. The van der Waals surface area contributed by atoms with Crippen LogP contribution in [0.25, 0.3) is 0 Å². The second-order valence-corrected chi connectivity index (χ2v) is 6.09. The van der Waals surface area contributed by atoms with Crippen LogP contribution in [0.15, 0.2) is 24.3 Å². The van der Waals surface area contributed by atoms with Crippen LogP contribution >= 0.6 is 0 Å². The summed E-state index contributed by atoms with van der Waals surface area (Å²) in [5.41, 5.74) is 4.15. The van der Waals surface area contributed by atoms with E-state index in [9.17, 15) is 9.90 Å². The van der Waals surface area contributed by atoms with Crippen molar-refractivity contribution in [3.8, 4) is 0 Å². The van der Waals surface area contributed by atoms with Gasteiger partial charge in [-0.15, -0.1) is 5.10 Å². The minimum Gasteiger partial charge on any atom is -0.481 e. The Hall–Kier alpha value is -2.50. The van der Waals surface area contributed by atoms with Gasteiger partial charge in [-0.2, -0.15) is 5.10 Å². The number of carboxylic acids is 1. The fourth-order valence-electron chi connectivity index (χ4n) is 3.31. The van der Waals surface area contributed by atoms with Crippen molar-refractivity contribution in [2.45, 2.75) is 45.6 Å². The third-order valence-corrected chi connectivity index (χ3v) is 4.50. The van der Waals surface area contributed by atoms with Gasteiger partial charge in [-0.3, -0.25) is 4.79 Å². The molecule has 2 heterocycles. The summed E-state index contributed by atoms with van der Waals surface area (Å²) in [6.45, 7) is 5.39. The average Bonchev–Trinajstić information content (AvgIpc) is 2.60. The van der Waals surface area contributed by atoms with Crippen molar-refractivity contribution < 1.29 is 9.90 Å². The van der Waals surface area contributed by atoms with Crippen molar-refractivity contribution in [2.75, 3.05) is 11.4 Å². The van der Waals surface area contributed by atoms with Gasteiger partial charge in [0.05, 0.1) is 17.8 Å². The number of nitrogens with zero attached hydrogens (tertiary/aromatic N) is 4. The molecule has 1 unspecified atom stereocenters. The van der Waals surface area contributed by atoms with Gasteiger partial charge in [0.15, 0.2) is 0 Å². The van der Waals surface area contributed by atoms with Crippen LogP contribution in [0.4, 0.5) is 5.95 Å². The Kier molecular flexibility index (Phi) is 4.74. The highest BCUT2D eigenvalue weighted by Crippen LogP contribution is 2.32. The first-order chi connectivity index (χ1) is 11.6. The van der Waals surface area contributed by atoms with E-state index in [1.54, 1.807) is 0 Å². The Labute approximate surface area is 141 Å². The molecule has 1 atom stereocenters. The Bertz CT molecular complexity index is 748. The molecule has 0 bridgehead atoms. The van der Waals surface area contributed by atoms with Crippen molar-refractivity contribution in [3.63, 3.8) is 0 Å². The highest BCUT2D eigenvalue weighted by atomic mass is 16.4. The minimum absolute atomic E-state index is 0.0630. The summed E-state index contributed by atoms with van der Waals surface area (Å²) in [7, 11) is 0. The average molecular weight is 326 g/mol. The molecule has 6 heteroatoms. The van der Waals surface area contributed by atoms with Crippen LogP contribution in [-0.2, 0) is 24.2 Å². The van der Waals surface area contributed by atoms with E-state index in [0.717, 1.165) is 35.4 Å². The minimum atomic E-state index is -0.786. The molecule has 6 nitrogen and oxygen atoms in total. The fraction of sp³-hybridized carbons (Fsp3) is 0.444. The van der Waals surface area contributed by atoms with Crippen LogP contribution in [0.1, 0.15) is 48.7 Å². The van der Waals surface area contributed by atoms with E-state index in [4.69, 9.17) is 0 Å². The van der Waals surface area contributed by atoms with E-state index in [0.29, 0.717) is 19.0 Å². The number of aromatic nitrogens is 3. The monoisotopic (exact) mass is 326 g/mol. The Morgan fingerprint density at radius 1 is 1.21 bits per heavy atom. The Morgan fingerprint density at radius 2 is 1.96 bits per heavy atom. The smallest absolute Gasteiger partial charge is 0.304 e. The summed E-state index contributed by atoms with van der Waals surface area (Å²) in [6, 6.07) is 8.02. The maximum atomic E-state index is 11.2. The third-order valence-electron chi connectivity index (χ3n) is 4.50. The van der Waals surface area contributed by atoms with Gasteiger partial charge in [0.25, 0.3) is 0 Å². The number of fused-ring (bicyclic) bond motifs is 1. The molecule has 24 heavy (non-hydrogen) atoms. The van der Waals surface area contributed by atoms with E-state index in [-0.39, 0.29) is 12.3 Å². The lowest BCUT2D eigenvalue weighted by atomic mass is 9.87. The maximum Gasteiger partial charge on any atom is 0.304 e. The van der Waals surface area contributed by atoms with Crippen molar-refractivity contribution in [3.05, 3.63) is 46.8 Å². The number of benzene rings is 1. The first-order valence-corrected chi connectivity index (χ1v) is 8.39. The molecule has 1 N–H and O–H groups in total. The van der Waals surface area contributed by atoms with Crippen LogP contribution < -0.4 is 4.90 Å². The van der Waals surface area contributed by atoms with E-state index in [1.165, 1.54) is 0 Å². The number of carboxylic acid groups (broad SMARTS) is 1. The zero-order valence-corrected chi connectivity index (χ0v) is 14.1. The SMILES string of the molecule is CCc1nnc(N2Cc3ccccc3C(CC(=O)O)C2)nc1CC. The number of hydrogen-bond acceptors (Lipinski definition) is 5. The van der Waals surface area contributed by atoms with Gasteiger partial charge in [-0.25, -0.2) is 4.98 Å². The molecule has 0 amide bonds. The normalized spacial score (nSPS) is 16.8. The van der Waals surface area contributed by atoms with Crippen molar-refractivity contribution in [1.82, 2.24) is 15.2 Å². The van der Waals surface area contributed by atoms with Gasteiger partial charge in [-0.1, -0.05) is 38.1 Å². The van der Waals surface area contributed by atoms with Gasteiger partial charge < -0.3 is 10.0 Å². The standard InChI is InChI=1S/C18H22N4O2/c1-3-15-16(4-2)20-21-18(19-15)22-10-12-7-5-6-8-14(12)13(11-22)9-17(23)24/h5-8,13H,3-4,9-11H2,1-2H3,(H,23,24). The zero-order chi connectivity index (χ0) is 17.1. The topological polar surface area (TPSA) is 79.2 Å². The lowest BCUT2D eigenvalue weighted by Crippen LogP contribution is -2.36. The number of hydrogen-bond donors (Lipinski definition) is 1. The second-order valence-electron chi connectivity index (χ2n) is 6.09. The van der Waals surface area contributed by atoms with Crippen molar-refractivity contribution in [2.24, 2.45) is 0 Å². The largest absolute Gasteiger partial charge is 0.481 e. The predicted octanol–water partition coefficient (Wildman–Crippen LogP) is 2.57. The van der Waals surface area contributed by atoms with Gasteiger partial charge >= 0.3 is 5.97 Å². The molecule has 2 aromatic rings. The van der Waals surface area contributed by atoms with Crippen LogP contribution in [0.2, 0.25) is 0 Å². The van der Waals surface area contributed by atoms with E-state index < -0.39 is 5.97 Å². The summed E-state index contributed by atoms with van der Waals surface area (Å²) in [6.07, 6.45) is 1.73. The molecule has 0 fully saturated rings. The molecule has 126 valence electrons. The maximum absolute atomic E-state index is 11.2. The fourth-order valence-corrected chi connectivity index (χ4v) is 3.31. The molecule has 0 saturated heterocycles. The quantitative estimate of drug-likeness (QED) is 0.910. The summed E-state index contributed by atoms with van der Waals surface area (Å²) in [4.78, 5) is 18.0. The third kappa shape index (κ3) is 3.22. The number of aliphatic carboxylic acids is 1. The predicted molar refractivity (Wildman–Crippen MR) is 91.1 cm³/mol. The van der Waals surface area contributed by atoms with Crippen LogP contribution in [0.3, 0.4) is 0 Å². The molecule has 0 saturated carbocycles. The molecule has 0 spiro atoms. The molecule has 0 radical (unpaired) electrons. The molecular weight excluding hydrogens is 304 g/mol. The molecule has 1 aromatic carbocycles. The van der Waals surface area contributed by atoms with Gasteiger partial charge in [-0.05, 0) is 24.0 Å². The highest BCUT2D eigenvalue weighted by molar-refractivity contribution is 5.68. The lowest BCUT2D eigenvalue weighted by Gasteiger charge is -2.34. The first kappa shape index (κ1) is 16.4. The van der Waals surface area contributed by atoms with E-state index in [2.05, 4.69) is 22.1 Å². The molecule has 1 aromatic heterocycles. The number of carbonyl (C=O) groups is 1. The van der Waals surface area contributed by atoms with E-state index in [1.807, 2.05) is 36.1 Å². The summed E-state index contributed by atoms with van der Waals surface area (Å²) < 4.78 is 0. The number of rotatable bonds is 5. The Balaban J connectivity index is 1.94. The van der Waals surface area contributed by atoms with Crippen LogP contribution in [0, 0.1) is 0 Å². The highest BCUT2D eigenvalue weighted by Gasteiger charge is 2.28. The number of aryl methyl sites for hydroxylation is 2. The molecule has 1 aliphatic heterocycles. The van der Waals surface area contributed by atoms with Gasteiger partial charge in [0, 0.05) is 19.0 Å². The van der Waals surface area contributed by atoms with E-state index >= 15 is 0 Å². The summed E-state index contributed by atoms with van der Waals surface area (Å²) in [5.74, 6) is -0.257. The van der Waals surface area contributed by atoms with Crippen molar-refractivity contribution in [1.29, 1.82) is 0 Å². The molecule has 1 aliphatic rings. The lowest BCUT2D eigenvalue weighted by molar-refractivity contribution is -0.137. The van der Waals surface area contributed by atoms with Crippen molar-refractivity contribution >= 4 is 11.9 Å². The molecular formula is C18H22N4O2. The molecule has 3 rings (SSSR count). The molecule has 0 aliphatic carbocycles. The summed E-state index contributed by atoms with van der Waals surface area (Å²) in [5, 5.41) is 17.8. The van der Waals surface area contributed by atoms with Gasteiger partial charge in [0.2, 0.25) is 5.95 Å². The van der Waals surface area contributed by atoms with Gasteiger partial charge in [0.1, 0.15) is 0 Å². The number of anilines is 1. The van der Waals surface area contributed by atoms with Crippen LogP contribution in [0.5, 0.6) is 0 Å². The second kappa shape index (κ2) is 6.95.